The number of amides is 1. The fourth-order valence-corrected chi connectivity index (χ4v) is 4.43. The first-order valence-electron chi connectivity index (χ1n) is 9.59. The molecule has 0 bridgehead atoms. The maximum absolute atomic E-state index is 13.1. The minimum absolute atomic E-state index is 0.0868. The molecule has 0 saturated carbocycles. The number of thiophene rings is 1. The fraction of sp³-hybridized carbons (Fsp3) is 0.130. The number of carbonyl (C=O) groups is 1. The van der Waals surface area contributed by atoms with E-state index in [1.807, 2.05) is 6.07 Å². The Morgan fingerprint density at radius 2 is 1.73 bits per heavy atom. The summed E-state index contributed by atoms with van der Waals surface area (Å²) in [6.45, 7) is 1.35. The van der Waals surface area contributed by atoms with Crippen molar-refractivity contribution in [3.63, 3.8) is 0 Å². The van der Waals surface area contributed by atoms with Crippen molar-refractivity contribution in [3.8, 4) is 10.4 Å². The average molecular weight is 492 g/mol. The van der Waals surface area contributed by atoms with Gasteiger partial charge in [0.2, 0.25) is 5.91 Å². The Morgan fingerprint density at radius 3 is 2.36 bits per heavy atom. The molecule has 0 fully saturated rings. The van der Waals surface area contributed by atoms with Gasteiger partial charge in [-0.3, -0.25) is 10.2 Å². The third kappa shape index (κ3) is 6.70. The molecule has 0 aliphatic rings. The highest BCUT2D eigenvalue weighted by Crippen LogP contribution is 2.34. The molecule has 0 aliphatic heterocycles. The summed E-state index contributed by atoms with van der Waals surface area (Å²) in [6, 6.07) is 17.1. The highest BCUT2D eigenvalue weighted by Gasteiger charge is 2.33. The molecule has 2 aromatic carbocycles. The van der Waals surface area contributed by atoms with E-state index in [-0.39, 0.29) is 11.6 Å². The maximum atomic E-state index is 13.1. The zero-order chi connectivity index (χ0) is 24.2. The van der Waals surface area contributed by atoms with Crippen LogP contribution in [0.15, 0.2) is 71.6 Å². The third-order valence-corrected chi connectivity index (χ3v) is 6.46. The van der Waals surface area contributed by atoms with E-state index in [2.05, 4.69) is 10.6 Å². The van der Waals surface area contributed by atoms with Crippen molar-refractivity contribution in [2.24, 2.45) is 0 Å². The highest BCUT2D eigenvalue weighted by molar-refractivity contribution is 7.90. The molecule has 0 saturated heterocycles. The smallest absolute Gasteiger partial charge is 0.432 e. The van der Waals surface area contributed by atoms with Crippen LogP contribution in [0, 0.1) is 5.41 Å². The van der Waals surface area contributed by atoms with Crippen LogP contribution in [0.3, 0.4) is 0 Å². The summed E-state index contributed by atoms with van der Waals surface area (Å²) < 4.78 is 51.1. The summed E-state index contributed by atoms with van der Waals surface area (Å²) in [7, 11) is 0. The van der Waals surface area contributed by atoms with Gasteiger partial charge in [0.05, 0.1) is 10.6 Å². The molecular formula is C23H20F3N3O2S2. The van der Waals surface area contributed by atoms with Crippen molar-refractivity contribution in [2.75, 3.05) is 16.9 Å². The second kappa shape index (κ2) is 10.2. The van der Waals surface area contributed by atoms with Crippen molar-refractivity contribution in [1.82, 2.24) is 0 Å². The van der Waals surface area contributed by atoms with Crippen LogP contribution in [-0.2, 0) is 16.0 Å². The van der Waals surface area contributed by atoms with Gasteiger partial charge >= 0.3 is 6.18 Å². The average Bonchev–Trinajstić information content (AvgIpc) is 3.22. The molecule has 33 heavy (non-hydrogen) atoms. The third-order valence-electron chi connectivity index (χ3n) is 4.38. The van der Waals surface area contributed by atoms with E-state index in [4.69, 9.17) is 5.41 Å². The van der Waals surface area contributed by atoms with Crippen LogP contribution in [-0.4, -0.2) is 28.6 Å². The summed E-state index contributed by atoms with van der Waals surface area (Å²) in [5.74, 6) is -0.278. The highest BCUT2D eigenvalue weighted by atomic mass is 32.2. The van der Waals surface area contributed by atoms with Crippen molar-refractivity contribution in [2.45, 2.75) is 18.0 Å². The number of allylic oxidation sites excluding steroid dienone is 1. The molecule has 1 amide bonds. The lowest BCUT2D eigenvalue weighted by atomic mass is 10.2. The number of benzene rings is 2. The number of nitrogens with one attached hydrogen (secondary N) is 3. The Bertz CT molecular complexity index is 1200. The van der Waals surface area contributed by atoms with Crippen molar-refractivity contribution in [1.29, 1.82) is 5.41 Å². The van der Waals surface area contributed by atoms with Gasteiger partial charge < -0.3 is 15.2 Å². The summed E-state index contributed by atoms with van der Waals surface area (Å²) in [6.07, 6.45) is -2.50. The van der Waals surface area contributed by atoms with Gasteiger partial charge in [0, 0.05) is 29.2 Å². The van der Waals surface area contributed by atoms with Gasteiger partial charge in [0.15, 0.2) is 4.90 Å². The van der Waals surface area contributed by atoms with E-state index < -0.39 is 23.1 Å². The predicted molar refractivity (Wildman–Crippen MR) is 128 cm³/mol. The molecule has 1 heterocycles. The van der Waals surface area contributed by atoms with Gasteiger partial charge in [0.1, 0.15) is 12.0 Å². The minimum Gasteiger partial charge on any atom is -0.612 e. The molecule has 0 radical (unpaired) electrons. The molecule has 172 valence electrons. The number of carbonyl (C=O) groups excluding carboxylic acids is 1. The molecule has 1 atom stereocenters. The van der Waals surface area contributed by atoms with E-state index in [1.165, 1.54) is 18.3 Å². The van der Waals surface area contributed by atoms with Crippen LogP contribution in [0.5, 0.6) is 0 Å². The molecule has 3 rings (SSSR count). The lowest BCUT2D eigenvalue weighted by molar-refractivity contribution is -0.114. The van der Waals surface area contributed by atoms with E-state index in [1.54, 1.807) is 60.9 Å². The lowest BCUT2D eigenvalue weighted by Gasteiger charge is -2.13. The zero-order valence-electron chi connectivity index (χ0n) is 17.6. The predicted octanol–water partition coefficient (Wildman–Crippen LogP) is 6.15. The first-order chi connectivity index (χ1) is 15.5. The minimum atomic E-state index is -4.80. The molecule has 3 N–H and O–H groups in total. The Kier molecular flexibility index (Phi) is 7.62. The van der Waals surface area contributed by atoms with Crippen LogP contribution in [0.4, 0.5) is 24.5 Å². The van der Waals surface area contributed by atoms with Crippen LogP contribution >= 0.6 is 11.3 Å². The molecule has 1 unspecified atom stereocenters. The molecule has 3 aromatic rings. The molecule has 10 heteroatoms. The lowest BCUT2D eigenvalue weighted by Crippen LogP contribution is -2.20. The zero-order valence-corrected chi connectivity index (χ0v) is 19.3. The Balaban J connectivity index is 1.98. The quantitative estimate of drug-likeness (QED) is 0.274. The Hall–Kier alpha value is -3.08. The second-order valence-corrected chi connectivity index (χ2v) is 9.47. The second-order valence-electron chi connectivity index (χ2n) is 7.00. The summed E-state index contributed by atoms with van der Waals surface area (Å²) in [5, 5.41) is 13.0. The first-order valence-corrected chi connectivity index (χ1v) is 12.0. The monoisotopic (exact) mass is 491 g/mol. The Morgan fingerprint density at radius 1 is 1.06 bits per heavy atom. The van der Waals surface area contributed by atoms with Gasteiger partial charge in [-0.25, -0.2) is 0 Å². The van der Waals surface area contributed by atoms with E-state index in [0.717, 1.165) is 16.5 Å². The summed E-state index contributed by atoms with van der Waals surface area (Å²) in [4.78, 5) is 13.2. The van der Waals surface area contributed by atoms with Crippen LogP contribution in [0.25, 0.3) is 16.1 Å². The summed E-state index contributed by atoms with van der Waals surface area (Å²) in [5.41, 5.74) is 0.303. The number of anilines is 2. The number of hydrogen-bond acceptors (Lipinski definition) is 5. The number of halogens is 3. The largest absolute Gasteiger partial charge is 0.612 e. The number of alkyl halides is 3. The van der Waals surface area contributed by atoms with Crippen LogP contribution < -0.4 is 10.6 Å². The van der Waals surface area contributed by atoms with Crippen LogP contribution in [0.1, 0.15) is 11.8 Å². The first kappa shape index (κ1) is 24.6. The topological polar surface area (TPSA) is 88.0 Å². The molecule has 0 aliphatic carbocycles. The normalized spacial score (nSPS) is 12.8. The van der Waals surface area contributed by atoms with Gasteiger partial charge in [-0.05, 0) is 59.2 Å². The summed E-state index contributed by atoms with van der Waals surface area (Å²) >= 11 is 0.0695. The number of hydrogen-bond donors (Lipinski definition) is 3. The van der Waals surface area contributed by atoms with Gasteiger partial charge in [-0.2, -0.15) is 13.2 Å². The molecular weight excluding hydrogens is 471 g/mol. The molecule has 0 spiro atoms. The van der Waals surface area contributed by atoms with Gasteiger partial charge in [-0.15, -0.1) is 11.3 Å². The van der Waals surface area contributed by atoms with Crippen molar-refractivity contribution >= 4 is 51.2 Å². The van der Waals surface area contributed by atoms with Crippen molar-refractivity contribution in [3.05, 3.63) is 71.6 Å². The van der Waals surface area contributed by atoms with Crippen molar-refractivity contribution < 1.29 is 22.5 Å². The van der Waals surface area contributed by atoms with Crippen LogP contribution in [0.2, 0.25) is 0 Å². The SMILES string of the molecule is CC(=O)Nc1cccc(N/C(=C\C(=N)C(F)(F)F)c2ccc(-c3cccc([S+](C)[O-])c3)s2)c1. The Labute approximate surface area is 196 Å². The van der Waals surface area contributed by atoms with E-state index in [0.29, 0.717) is 21.1 Å². The standard InChI is InChI=1S/C23H20F3N3O2S2/c1-14(30)28-16-6-4-7-17(12-16)29-19(13-22(27)23(24,25)26)21-10-9-20(32-21)15-5-3-8-18(11-15)33(2)31/h3-13,27,29H,1-2H3,(H,28,30)/b19-13-,27-22?. The van der Waals surface area contributed by atoms with E-state index in [9.17, 15) is 22.5 Å². The van der Waals surface area contributed by atoms with E-state index >= 15 is 0 Å². The fourth-order valence-electron chi connectivity index (χ4n) is 2.89. The molecule has 1 aromatic heterocycles. The number of rotatable bonds is 7. The molecule has 5 nitrogen and oxygen atoms in total. The maximum Gasteiger partial charge on any atom is 0.432 e. The van der Waals surface area contributed by atoms with Gasteiger partial charge in [0.25, 0.3) is 0 Å². The van der Waals surface area contributed by atoms with Gasteiger partial charge in [-0.1, -0.05) is 18.2 Å².